The van der Waals surface area contributed by atoms with Crippen molar-refractivity contribution in [2.75, 3.05) is 13.1 Å². The van der Waals surface area contributed by atoms with E-state index >= 15 is 0 Å². The van der Waals surface area contributed by atoms with Crippen molar-refractivity contribution in [1.29, 1.82) is 0 Å². The Kier molecular flexibility index (Phi) is 6.01. The molecule has 1 aromatic carbocycles. The van der Waals surface area contributed by atoms with E-state index in [9.17, 15) is 14.4 Å². The van der Waals surface area contributed by atoms with Crippen LogP contribution in [0.25, 0.3) is 0 Å². The Hall–Kier alpha value is -2.90. The van der Waals surface area contributed by atoms with E-state index in [2.05, 4.69) is 10.4 Å². The molecule has 1 aromatic heterocycles. The number of fused-ring (bicyclic) bond motifs is 1. The number of nitrogens with zero attached hydrogens (tertiary/aromatic N) is 4. The molecule has 160 valence electrons. The van der Waals surface area contributed by atoms with Crippen LogP contribution in [-0.4, -0.2) is 50.2 Å². The van der Waals surface area contributed by atoms with Crippen LogP contribution < -0.4 is 11.0 Å². The molecule has 2 aliphatic rings. The van der Waals surface area contributed by atoms with Crippen molar-refractivity contribution in [3.63, 3.8) is 0 Å². The molecule has 2 aliphatic heterocycles. The minimum atomic E-state index is -0.180. The molecule has 8 nitrogen and oxygen atoms in total. The van der Waals surface area contributed by atoms with Gasteiger partial charge in [-0.05, 0) is 44.2 Å². The third kappa shape index (κ3) is 4.32. The fourth-order valence-electron chi connectivity index (χ4n) is 4.32. The van der Waals surface area contributed by atoms with Crippen molar-refractivity contribution in [3.8, 4) is 0 Å². The maximum atomic E-state index is 12.7. The highest BCUT2D eigenvalue weighted by atomic mass is 16.2. The smallest absolute Gasteiger partial charge is 0.346 e. The number of benzene rings is 1. The average molecular weight is 412 g/mol. The van der Waals surface area contributed by atoms with Crippen molar-refractivity contribution in [3.05, 3.63) is 51.7 Å². The van der Waals surface area contributed by atoms with Crippen LogP contribution in [0.1, 0.15) is 53.8 Å². The molecule has 2 amide bonds. The van der Waals surface area contributed by atoms with Crippen LogP contribution in [-0.2, 0) is 24.3 Å². The van der Waals surface area contributed by atoms with Crippen molar-refractivity contribution < 1.29 is 9.59 Å². The Morgan fingerprint density at radius 1 is 1.10 bits per heavy atom. The van der Waals surface area contributed by atoms with Gasteiger partial charge in [0.2, 0.25) is 5.91 Å². The van der Waals surface area contributed by atoms with Gasteiger partial charge in [0.25, 0.3) is 5.91 Å². The quantitative estimate of drug-likeness (QED) is 0.826. The Balaban J connectivity index is 1.31. The molecule has 1 N–H and O–H groups in total. The number of hydrogen-bond donors (Lipinski definition) is 1. The number of aromatic nitrogens is 3. The van der Waals surface area contributed by atoms with Crippen molar-refractivity contribution >= 4 is 11.8 Å². The summed E-state index contributed by atoms with van der Waals surface area (Å²) in [5.74, 6) is 0.640. The first-order valence-corrected chi connectivity index (χ1v) is 10.8. The molecule has 1 fully saturated rings. The second kappa shape index (κ2) is 8.85. The van der Waals surface area contributed by atoms with Crippen molar-refractivity contribution in [2.45, 2.75) is 64.6 Å². The van der Waals surface area contributed by atoms with Gasteiger partial charge in [-0.1, -0.05) is 24.6 Å². The third-order valence-electron chi connectivity index (χ3n) is 6.14. The molecule has 1 saturated heterocycles. The zero-order valence-electron chi connectivity index (χ0n) is 17.5. The summed E-state index contributed by atoms with van der Waals surface area (Å²) in [4.78, 5) is 39.6. The average Bonchev–Trinajstić information content (AvgIpc) is 2.90. The Morgan fingerprint density at radius 2 is 1.87 bits per heavy atom. The summed E-state index contributed by atoms with van der Waals surface area (Å²) >= 11 is 0. The highest BCUT2D eigenvalue weighted by Crippen LogP contribution is 2.14. The highest BCUT2D eigenvalue weighted by Gasteiger charge is 2.26. The van der Waals surface area contributed by atoms with E-state index in [0.717, 1.165) is 37.1 Å². The van der Waals surface area contributed by atoms with Crippen LogP contribution in [0.5, 0.6) is 0 Å². The van der Waals surface area contributed by atoms with Gasteiger partial charge < -0.3 is 10.2 Å². The van der Waals surface area contributed by atoms with Gasteiger partial charge in [-0.2, -0.15) is 5.10 Å². The fraction of sp³-hybridized carbons (Fsp3) is 0.545. The molecule has 3 heterocycles. The molecule has 0 spiro atoms. The number of carbonyl (C=O) groups is 2. The minimum Gasteiger partial charge on any atom is -0.349 e. The Morgan fingerprint density at radius 3 is 2.63 bits per heavy atom. The van der Waals surface area contributed by atoms with E-state index in [-0.39, 0.29) is 30.1 Å². The molecular weight excluding hydrogens is 382 g/mol. The van der Waals surface area contributed by atoms with Gasteiger partial charge in [-0.15, -0.1) is 0 Å². The van der Waals surface area contributed by atoms with Gasteiger partial charge in [0.1, 0.15) is 12.4 Å². The van der Waals surface area contributed by atoms with Crippen LogP contribution in [0.4, 0.5) is 0 Å². The van der Waals surface area contributed by atoms with Gasteiger partial charge in [0.15, 0.2) is 0 Å². The van der Waals surface area contributed by atoms with Gasteiger partial charge in [-0.3, -0.25) is 14.2 Å². The lowest BCUT2D eigenvalue weighted by atomic mass is 10.0. The summed E-state index contributed by atoms with van der Waals surface area (Å²) in [6, 6.07) is 7.58. The van der Waals surface area contributed by atoms with Crippen molar-refractivity contribution in [1.82, 2.24) is 24.6 Å². The summed E-state index contributed by atoms with van der Waals surface area (Å²) in [5, 5.41) is 7.49. The molecule has 0 bridgehead atoms. The lowest BCUT2D eigenvalue weighted by molar-refractivity contribution is -0.133. The van der Waals surface area contributed by atoms with Crippen LogP contribution in [0.2, 0.25) is 0 Å². The minimum absolute atomic E-state index is 0.0148. The predicted octanol–water partition coefficient (Wildman–Crippen LogP) is 1.50. The maximum Gasteiger partial charge on any atom is 0.346 e. The Bertz CT molecular complexity index is 985. The normalized spacial score (nSPS) is 17.3. The van der Waals surface area contributed by atoms with Gasteiger partial charge in [0.05, 0.1) is 0 Å². The largest absolute Gasteiger partial charge is 0.349 e. The molecule has 0 atom stereocenters. The number of aryl methyl sites for hydroxylation is 2. The molecule has 0 saturated carbocycles. The van der Waals surface area contributed by atoms with E-state index in [1.165, 1.54) is 4.68 Å². The van der Waals surface area contributed by atoms with Crippen LogP contribution in [0.3, 0.4) is 0 Å². The first-order valence-electron chi connectivity index (χ1n) is 10.8. The molecule has 0 unspecified atom stereocenters. The molecule has 0 radical (unpaired) electrons. The van der Waals surface area contributed by atoms with E-state index in [1.807, 2.05) is 31.2 Å². The lowest BCUT2D eigenvalue weighted by Gasteiger charge is -2.32. The standard InChI is InChI=1S/C22H29N5O3/c1-16-7-4-5-8-18(16)21(29)23-17-10-13-25(14-11-17)20(28)15-27-22(30)26-12-6-2-3-9-19(26)24-27/h4-5,7-8,17H,2-3,6,9-15H2,1H3,(H,23,29). The number of nitrogens with one attached hydrogen (secondary N) is 1. The highest BCUT2D eigenvalue weighted by molar-refractivity contribution is 5.95. The molecule has 2 aromatic rings. The molecule has 8 heteroatoms. The van der Waals surface area contributed by atoms with Gasteiger partial charge >= 0.3 is 5.69 Å². The summed E-state index contributed by atoms with van der Waals surface area (Å²) in [6.07, 6.45) is 5.33. The molecule has 30 heavy (non-hydrogen) atoms. The van der Waals surface area contributed by atoms with E-state index < -0.39 is 0 Å². The Labute approximate surface area is 175 Å². The number of piperidine rings is 1. The number of likely N-dealkylation sites (tertiary alicyclic amines) is 1. The van der Waals surface area contributed by atoms with Crippen LogP contribution >= 0.6 is 0 Å². The topological polar surface area (TPSA) is 89.2 Å². The van der Waals surface area contributed by atoms with Gasteiger partial charge in [-0.25, -0.2) is 9.48 Å². The van der Waals surface area contributed by atoms with Crippen LogP contribution in [0, 0.1) is 6.92 Å². The summed E-state index contributed by atoms with van der Waals surface area (Å²) in [6.45, 7) is 3.74. The zero-order chi connectivity index (χ0) is 21.1. The monoisotopic (exact) mass is 411 g/mol. The van der Waals surface area contributed by atoms with E-state index in [1.54, 1.807) is 9.47 Å². The molecular formula is C22H29N5O3. The van der Waals surface area contributed by atoms with E-state index in [0.29, 0.717) is 38.0 Å². The summed E-state index contributed by atoms with van der Waals surface area (Å²) < 4.78 is 3.03. The van der Waals surface area contributed by atoms with E-state index in [4.69, 9.17) is 0 Å². The fourth-order valence-corrected chi connectivity index (χ4v) is 4.32. The first kappa shape index (κ1) is 20.4. The third-order valence-corrected chi connectivity index (χ3v) is 6.14. The molecule has 0 aliphatic carbocycles. The summed E-state index contributed by atoms with van der Waals surface area (Å²) in [7, 11) is 0. The zero-order valence-corrected chi connectivity index (χ0v) is 17.5. The number of amides is 2. The second-order valence-electron chi connectivity index (χ2n) is 8.26. The number of hydrogen-bond acceptors (Lipinski definition) is 4. The molecule has 4 rings (SSSR count). The number of carbonyl (C=O) groups excluding carboxylic acids is 2. The number of rotatable bonds is 4. The summed E-state index contributed by atoms with van der Waals surface area (Å²) in [5.41, 5.74) is 1.46. The predicted molar refractivity (Wildman–Crippen MR) is 112 cm³/mol. The first-order chi connectivity index (χ1) is 14.5. The second-order valence-corrected chi connectivity index (χ2v) is 8.26. The maximum absolute atomic E-state index is 12.7. The van der Waals surface area contributed by atoms with Gasteiger partial charge in [0, 0.05) is 37.7 Å². The SMILES string of the molecule is Cc1ccccc1C(=O)NC1CCN(C(=O)Cn2nc3n(c2=O)CCCCC3)CC1. The lowest BCUT2D eigenvalue weighted by Crippen LogP contribution is -2.48. The van der Waals surface area contributed by atoms with Crippen LogP contribution in [0.15, 0.2) is 29.1 Å². The van der Waals surface area contributed by atoms with Crippen molar-refractivity contribution in [2.24, 2.45) is 0 Å².